The average molecular weight is 225 g/mol. The van der Waals surface area contributed by atoms with Crippen molar-refractivity contribution in [1.29, 1.82) is 0 Å². The van der Waals surface area contributed by atoms with Crippen molar-refractivity contribution in [3.8, 4) is 5.75 Å². The maximum Gasteiger partial charge on any atom is 0.347 e. The van der Waals surface area contributed by atoms with E-state index in [2.05, 4.69) is 0 Å². The molecule has 1 fully saturated rings. The molecule has 1 aromatic carbocycles. The van der Waals surface area contributed by atoms with Crippen molar-refractivity contribution in [2.45, 2.75) is 19.4 Å². The Morgan fingerprint density at radius 3 is 2.94 bits per heavy atom. The molecule has 1 aliphatic heterocycles. The summed E-state index contributed by atoms with van der Waals surface area (Å²) in [6, 6.07) is 2.67. The summed E-state index contributed by atoms with van der Waals surface area (Å²) >= 11 is 0. The highest BCUT2D eigenvalue weighted by Gasteiger charge is 2.29. The van der Waals surface area contributed by atoms with Crippen molar-refractivity contribution in [3.63, 3.8) is 0 Å². The summed E-state index contributed by atoms with van der Waals surface area (Å²) in [5.41, 5.74) is 6.61. The Morgan fingerprint density at radius 2 is 2.31 bits per heavy atom. The molecule has 0 radical (unpaired) electrons. The van der Waals surface area contributed by atoms with Gasteiger partial charge in [0.15, 0.2) is 17.7 Å². The lowest BCUT2D eigenvalue weighted by molar-refractivity contribution is -0.143. The molecule has 1 unspecified atom stereocenters. The number of nitrogens with two attached hydrogens (primary N) is 1. The topological polar surface area (TPSA) is 61.5 Å². The summed E-state index contributed by atoms with van der Waals surface area (Å²) in [6.07, 6.45) is -0.264. The first kappa shape index (κ1) is 10.7. The molecule has 1 heterocycles. The summed E-state index contributed by atoms with van der Waals surface area (Å²) in [5.74, 6) is -0.979. The number of anilines is 1. The summed E-state index contributed by atoms with van der Waals surface area (Å²) in [5, 5.41) is 0. The highest BCUT2D eigenvalue weighted by atomic mass is 19.1. The molecule has 4 nitrogen and oxygen atoms in total. The van der Waals surface area contributed by atoms with Gasteiger partial charge in [0.05, 0.1) is 6.61 Å². The van der Waals surface area contributed by atoms with E-state index in [0.717, 1.165) is 0 Å². The lowest BCUT2D eigenvalue weighted by Crippen LogP contribution is -2.22. The van der Waals surface area contributed by atoms with Crippen LogP contribution in [0.4, 0.5) is 10.1 Å². The third-order valence-electron chi connectivity index (χ3n) is 2.48. The highest BCUT2D eigenvalue weighted by molar-refractivity contribution is 5.76. The minimum absolute atomic E-state index is 0.0375. The molecule has 0 aromatic heterocycles. The Hall–Kier alpha value is -1.78. The zero-order chi connectivity index (χ0) is 11.7. The molecular weight excluding hydrogens is 213 g/mol. The van der Waals surface area contributed by atoms with E-state index in [9.17, 15) is 9.18 Å². The first-order valence-electron chi connectivity index (χ1n) is 4.97. The maximum atomic E-state index is 13.5. The second-order valence-electron chi connectivity index (χ2n) is 3.70. The number of ether oxygens (including phenoxy) is 2. The van der Waals surface area contributed by atoms with Gasteiger partial charge in [-0.05, 0) is 18.6 Å². The average Bonchev–Trinajstić information content (AvgIpc) is 2.61. The fourth-order valence-corrected chi connectivity index (χ4v) is 1.50. The van der Waals surface area contributed by atoms with E-state index in [1.807, 2.05) is 0 Å². The van der Waals surface area contributed by atoms with Crippen LogP contribution >= 0.6 is 0 Å². The van der Waals surface area contributed by atoms with Crippen molar-refractivity contribution in [1.82, 2.24) is 0 Å². The Kier molecular flexibility index (Phi) is 2.68. The SMILES string of the molecule is Cc1cc(OC2CCOC2=O)c(F)cc1N. The zero-order valence-electron chi connectivity index (χ0n) is 8.83. The molecule has 0 bridgehead atoms. The van der Waals surface area contributed by atoms with Gasteiger partial charge in [-0.2, -0.15) is 0 Å². The largest absolute Gasteiger partial charge is 0.476 e. The monoisotopic (exact) mass is 225 g/mol. The molecule has 1 saturated heterocycles. The predicted molar refractivity (Wildman–Crippen MR) is 55.5 cm³/mol. The second kappa shape index (κ2) is 4.00. The quantitative estimate of drug-likeness (QED) is 0.610. The molecule has 86 valence electrons. The van der Waals surface area contributed by atoms with Crippen molar-refractivity contribution >= 4 is 11.7 Å². The number of carbonyl (C=O) groups excluding carboxylic acids is 1. The second-order valence-corrected chi connectivity index (χ2v) is 3.70. The molecule has 0 spiro atoms. The standard InChI is InChI=1S/C11H12FNO3/c1-6-4-10(7(12)5-8(6)13)16-9-2-3-15-11(9)14/h4-5,9H,2-3,13H2,1H3. The Bertz CT molecular complexity index is 433. The lowest BCUT2D eigenvalue weighted by atomic mass is 10.2. The first-order chi connectivity index (χ1) is 7.58. The minimum atomic E-state index is -0.711. The molecule has 0 saturated carbocycles. The van der Waals surface area contributed by atoms with E-state index in [0.29, 0.717) is 24.3 Å². The number of nitrogen functional groups attached to an aromatic ring is 1. The highest BCUT2D eigenvalue weighted by Crippen LogP contribution is 2.26. The van der Waals surface area contributed by atoms with Crippen LogP contribution in [-0.2, 0) is 9.53 Å². The van der Waals surface area contributed by atoms with Crippen LogP contribution in [0.2, 0.25) is 0 Å². The van der Waals surface area contributed by atoms with Gasteiger partial charge in [-0.25, -0.2) is 9.18 Å². The molecule has 2 rings (SSSR count). The lowest BCUT2D eigenvalue weighted by Gasteiger charge is -2.12. The molecular formula is C11H12FNO3. The minimum Gasteiger partial charge on any atom is -0.476 e. The zero-order valence-corrected chi connectivity index (χ0v) is 8.83. The van der Waals surface area contributed by atoms with E-state index >= 15 is 0 Å². The molecule has 1 atom stereocenters. The van der Waals surface area contributed by atoms with Gasteiger partial charge in [-0.3, -0.25) is 0 Å². The van der Waals surface area contributed by atoms with Gasteiger partial charge in [-0.15, -0.1) is 0 Å². The molecule has 0 aliphatic carbocycles. The number of carbonyl (C=O) groups is 1. The molecule has 16 heavy (non-hydrogen) atoms. The van der Waals surface area contributed by atoms with Crippen LogP contribution < -0.4 is 10.5 Å². The van der Waals surface area contributed by atoms with Gasteiger partial charge in [0.25, 0.3) is 0 Å². The smallest absolute Gasteiger partial charge is 0.347 e. The summed E-state index contributed by atoms with van der Waals surface area (Å²) in [6.45, 7) is 2.06. The van der Waals surface area contributed by atoms with Crippen LogP contribution in [0.5, 0.6) is 5.75 Å². The van der Waals surface area contributed by atoms with Crippen LogP contribution in [0.25, 0.3) is 0 Å². The predicted octanol–water partition coefficient (Wildman–Crippen LogP) is 1.41. The van der Waals surface area contributed by atoms with Crippen LogP contribution in [0.1, 0.15) is 12.0 Å². The van der Waals surface area contributed by atoms with Crippen LogP contribution in [0, 0.1) is 12.7 Å². The Morgan fingerprint density at radius 1 is 1.56 bits per heavy atom. The fourth-order valence-electron chi connectivity index (χ4n) is 1.50. The van der Waals surface area contributed by atoms with Gasteiger partial charge >= 0.3 is 5.97 Å². The van der Waals surface area contributed by atoms with Gasteiger partial charge in [0, 0.05) is 18.2 Å². The van der Waals surface area contributed by atoms with Gasteiger partial charge in [-0.1, -0.05) is 0 Å². The van der Waals surface area contributed by atoms with Gasteiger partial charge < -0.3 is 15.2 Å². The number of hydrogen-bond acceptors (Lipinski definition) is 4. The molecule has 5 heteroatoms. The van der Waals surface area contributed by atoms with Crippen molar-refractivity contribution < 1.29 is 18.7 Å². The molecule has 0 amide bonds. The van der Waals surface area contributed by atoms with Crippen molar-refractivity contribution in [3.05, 3.63) is 23.5 Å². The number of cyclic esters (lactones) is 1. The Balaban J connectivity index is 2.21. The van der Waals surface area contributed by atoms with Crippen molar-refractivity contribution in [2.24, 2.45) is 0 Å². The molecule has 2 N–H and O–H groups in total. The summed E-state index contributed by atoms with van der Waals surface area (Å²) in [7, 11) is 0. The fraction of sp³-hybridized carbons (Fsp3) is 0.364. The van der Waals surface area contributed by atoms with E-state index in [4.69, 9.17) is 15.2 Å². The number of aryl methyl sites for hydroxylation is 1. The van der Waals surface area contributed by atoms with Crippen molar-refractivity contribution in [2.75, 3.05) is 12.3 Å². The normalized spacial score (nSPS) is 19.6. The van der Waals surface area contributed by atoms with E-state index in [-0.39, 0.29) is 5.75 Å². The van der Waals surface area contributed by atoms with Crippen LogP contribution in [-0.4, -0.2) is 18.7 Å². The van der Waals surface area contributed by atoms with E-state index in [1.54, 1.807) is 6.92 Å². The maximum absolute atomic E-state index is 13.5. The summed E-state index contributed by atoms with van der Waals surface area (Å²) < 4.78 is 23.4. The first-order valence-corrected chi connectivity index (χ1v) is 4.97. The number of esters is 1. The van der Waals surface area contributed by atoms with Crippen LogP contribution in [0.3, 0.4) is 0 Å². The number of halogens is 1. The number of hydrogen-bond donors (Lipinski definition) is 1. The van der Waals surface area contributed by atoms with Crippen LogP contribution in [0.15, 0.2) is 12.1 Å². The third kappa shape index (κ3) is 1.93. The molecule has 1 aliphatic rings. The van der Waals surface area contributed by atoms with E-state index < -0.39 is 17.9 Å². The Labute approximate surface area is 92.1 Å². The van der Waals surface area contributed by atoms with Gasteiger partial charge in [0.2, 0.25) is 0 Å². The number of rotatable bonds is 2. The van der Waals surface area contributed by atoms with Gasteiger partial charge in [0.1, 0.15) is 0 Å². The summed E-state index contributed by atoms with van der Waals surface area (Å²) in [4.78, 5) is 11.1. The number of benzene rings is 1. The third-order valence-corrected chi connectivity index (χ3v) is 2.48. The van der Waals surface area contributed by atoms with E-state index in [1.165, 1.54) is 12.1 Å². The molecule has 1 aromatic rings.